The van der Waals surface area contributed by atoms with Gasteiger partial charge in [0.1, 0.15) is 29.7 Å². The van der Waals surface area contributed by atoms with E-state index in [0.29, 0.717) is 53.5 Å². The maximum atomic E-state index is 14.1. The molecule has 17 heteroatoms. The molecule has 6 aromatic rings. The van der Waals surface area contributed by atoms with Crippen LogP contribution in [0.4, 0.5) is 10.6 Å². The van der Waals surface area contributed by atoms with Gasteiger partial charge < -0.3 is 39.2 Å². The quantitative estimate of drug-likeness (QED) is 0.160. The molecule has 3 aliphatic heterocycles. The summed E-state index contributed by atoms with van der Waals surface area (Å²) < 4.78 is 14.6. The number of hydrogen-bond donors (Lipinski definition) is 4. The number of aromatic nitrogens is 6. The van der Waals surface area contributed by atoms with E-state index >= 15 is 0 Å². The van der Waals surface area contributed by atoms with Crippen molar-refractivity contribution in [2.75, 3.05) is 31.1 Å². The van der Waals surface area contributed by atoms with Gasteiger partial charge in [0, 0.05) is 48.8 Å². The maximum absolute atomic E-state index is 14.1. The molecule has 17 nitrogen and oxygen atoms in total. The largest absolute Gasteiger partial charge is 0.508 e. The molecule has 9 rings (SSSR count). The Kier molecular flexibility index (Phi) is 9.13. The first-order chi connectivity index (χ1) is 28.8. The fourth-order valence-electron chi connectivity index (χ4n) is 8.69. The van der Waals surface area contributed by atoms with E-state index in [1.165, 1.54) is 21.7 Å². The molecule has 4 N–H and O–H groups in total. The zero-order valence-electron chi connectivity index (χ0n) is 33.4. The Morgan fingerprint density at radius 3 is 2.45 bits per heavy atom. The number of H-pyrrole nitrogens is 1. The number of ether oxygens (including phenoxy) is 2. The Bertz CT molecular complexity index is 2870. The van der Waals surface area contributed by atoms with E-state index < -0.39 is 23.4 Å². The normalized spacial score (nSPS) is 17.1. The lowest BCUT2D eigenvalue weighted by Gasteiger charge is -2.39. The second-order valence-electron chi connectivity index (χ2n) is 15.5. The number of anilines is 1. The molecule has 1 atom stereocenters. The molecule has 7 heterocycles. The predicted molar refractivity (Wildman–Crippen MR) is 218 cm³/mol. The molecule has 60 heavy (non-hydrogen) atoms. The predicted octanol–water partition coefficient (Wildman–Crippen LogP) is 4.78. The van der Waals surface area contributed by atoms with Gasteiger partial charge in [-0.05, 0) is 72.4 Å². The van der Waals surface area contributed by atoms with Crippen molar-refractivity contribution in [1.29, 1.82) is 0 Å². The van der Waals surface area contributed by atoms with Crippen molar-refractivity contribution in [2.45, 2.75) is 65.2 Å². The highest BCUT2D eigenvalue weighted by Crippen LogP contribution is 2.43. The van der Waals surface area contributed by atoms with Crippen LogP contribution in [0.5, 0.6) is 17.2 Å². The fourth-order valence-corrected chi connectivity index (χ4v) is 8.69. The summed E-state index contributed by atoms with van der Waals surface area (Å²) in [6.07, 6.45) is 1.44. The van der Waals surface area contributed by atoms with Gasteiger partial charge in [0.2, 0.25) is 5.60 Å². The number of aryl methyl sites for hydroxylation is 1. The molecule has 1 unspecified atom stereocenters. The third-order valence-corrected chi connectivity index (χ3v) is 11.9. The molecule has 1 amide bonds. The number of aromatic amines is 1. The number of carbonyl (C=O) groups excluding carboxylic acids is 2. The van der Waals surface area contributed by atoms with Crippen molar-refractivity contribution in [3.05, 3.63) is 103 Å². The summed E-state index contributed by atoms with van der Waals surface area (Å²) in [7, 11) is 0. The third-order valence-electron chi connectivity index (χ3n) is 11.9. The van der Waals surface area contributed by atoms with Crippen LogP contribution in [0.25, 0.3) is 39.4 Å². The van der Waals surface area contributed by atoms with Crippen LogP contribution in [0.3, 0.4) is 0 Å². The number of nitrogens with one attached hydrogen (secondary N) is 1. The summed E-state index contributed by atoms with van der Waals surface area (Å²) >= 11 is 0. The number of fused-ring (bicyclic) bond motifs is 5. The summed E-state index contributed by atoms with van der Waals surface area (Å²) in [5, 5.41) is 38.6. The molecule has 1 fully saturated rings. The molecule has 0 aliphatic carbocycles. The minimum absolute atomic E-state index is 0.0217. The lowest BCUT2D eigenvalue weighted by Crippen LogP contribution is -2.53. The van der Waals surface area contributed by atoms with E-state index in [-0.39, 0.29) is 83.9 Å². The van der Waals surface area contributed by atoms with Gasteiger partial charge in [0.25, 0.3) is 5.56 Å². The first-order valence-electron chi connectivity index (χ1n) is 19.9. The van der Waals surface area contributed by atoms with Crippen LogP contribution in [0.1, 0.15) is 67.9 Å². The Balaban J connectivity index is 0.945. The lowest BCUT2D eigenvalue weighted by atomic mass is 9.85. The van der Waals surface area contributed by atoms with Gasteiger partial charge in [-0.25, -0.2) is 34.0 Å². The summed E-state index contributed by atoms with van der Waals surface area (Å²) in [5.74, 6) is -0.257. The minimum Gasteiger partial charge on any atom is -0.508 e. The van der Waals surface area contributed by atoms with Gasteiger partial charge in [0.05, 0.1) is 46.5 Å². The van der Waals surface area contributed by atoms with Gasteiger partial charge >= 0.3 is 17.8 Å². The highest BCUT2D eigenvalue weighted by Gasteiger charge is 2.51. The molecule has 0 saturated carbocycles. The van der Waals surface area contributed by atoms with E-state index in [1.54, 1.807) is 54.0 Å². The van der Waals surface area contributed by atoms with E-state index in [1.807, 2.05) is 25.7 Å². The second-order valence-corrected chi connectivity index (χ2v) is 15.5. The number of carbonyl (C=O) groups is 2. The molecule has 0 bridgehead atoms. The molecular formula is C43H42N8O9. The number of aromatic hydroxyl groups is 3. The Labute approximate surface area is 342 Å². The van der Waals surface area contributed by atoms with Crippen LogP contribution in [-0.2, 0) is 39.4 Å². The molecule has 4 aromatic heterocycles. The number of nitrogens with zero attached hydrogens (tertiary/aromatic N) is 7. The van der Waals surface area contributed by atoms with Crippen LogP contribution in [0.2, 0.25) is 0 Å². The maximum Gasteiger partial charge on any atom is 0.411 e. The summed E-state index contributed by atoms with van der Waals surface area (Å²) in [6, 6.07) is 13.0. The van der Waals surface area contributed by atoms with Gasteiger partial charge in [-0.3, -0.25) is 4.79 Å². The van der Waals surface area contributed by atoms with E-state index in [2.05, 4.69) is 15.2 Å². The number of esters is 1. The average Bonchev–Trinajstić information content (AvgIpc) is 3.81. The van der Waals surface area contributed by atoms with E-state index in [0.717, 1.165) is 16.5 Å². The minimum atomic E-state index is -1.87. The molecule has 2 aromatic carbocycles. The van der Waals surface area contributed by atoms with Gasteiger partial charge in [-0.2, -0.15) is 5.10 Å². The number of phenolic OH excluding ortho intramolecular Hbond substituents is 3. The van der Waals surface area contributed by atoms with Crippen LogP contribution in [0, 0.1) is 0 Å². The van der Waals surface area contributed by atoms with E-state index in [9.17, 15) is 34.5 Å². The van der Waals surface area contributed by atoms with Gasteiger partial charge in [0.15, 0.2) is 5.82 Å². The highest BCUT2D eigenvalue weighted by atomic mass is 16.6. The third kappa shape index (κ3) is 5.93. The molecule has 1 saturated heterocycles. The number of benzene rings is 2. The Morgan fingerprint density at radius 1 is 0.967 bits per heavy atom. The van der Waals surface area contributed by atoms with Crippen LogP contribution >= 0.6 is 0 Å². The topological polar surface area (TPSA) is 218 Å². The second kappa shape index (κ2) is 14.3. The molecule has 0 radical (unpaired) electrons. The van der Waals surface area contributed by atoms with Crippen LogP contribution < -0.4 is 16.1 Å². The lowest BCUT2D eigenvalue weighted by molar-refractivity contribution is -0.173. The molecule has 308 valence electrons. The molecule has 3 aliphatic rings. The number of phenols is 3. The fraction of sp³-hybridized carbons (Fsp3) is 0.326. The van der Waals surface area contributed by atoms with Crippen molar-refractivity contribution in [1.82, 2.24) is 34.2 Å². The van der Waals surface area contributed by atoms with Crippen LogP contribution in [0.15, 0.2) is 64.3 Å². The summed E-state index contributed by atoms with van der Waals surface area (Å²) in [6.45, 7) is 8.74. The number of pyridine rings is 3. The van der Waals surface area contributed by atoms with Crippen molar-refractivity contribution in [3.8, 4) is 45.7 Å². The molecule has 0 spiro atoms. The van der Waals surface area contributed by atoms with Crippen LogP contribution in [-0.4, -0.2) is 87.8 Å². The molecular weight excluding hydrogens is 773 g/mol. The number of hydrogen-bond acceptors (Lipinski definition) is 13. The summed E-state index contributed by atoms with van der Waals surface area (Å²) in [4.78, 5) is 67.7. The Morgan fingerprint density at radius 2 is 1.75 bits per heavy atom. The number of rotatable bonds is 7. The van der Waals surface area contributed by atoms with Crippen molar-refractivity contribution < 1.29 is 34.4 Å². The van der Waals surface area contributed by atoms with Gasteiger partial charge in [-0.1, -0.05) is 27.7 Å². The SMILES string of the molecule is CCc1c2c(nc3ccc(O)cc13)-c1cc3c(c(=O)n1C2)COC(=O)C3(CC)OC(=O)N1CCN(c2ccc(-n3c(-c4cc(C(C)C)c(O)cc4O)n[nH]c3=O)cn2)CC1. The Hall–Kier alpha value is -7.17. The van der Waals surface area contributed by atoms with E-state index in [4.69, 9.17) is 14.5 Å². The monoisotopic (exact) mass is 814 g/mol. The zero-order valence-corrected chi connectivity index (χ0v) is 33.4. The number of amides is 1. The first kappa shape index (κ1) is 38.4. The van der Waals surface area contributed by atoms with Crippen molar-refractivity contribution >= 4 is 28.8 Å². The van der Waals surface area contributed by atoms with Crippen molar-refractivity contribution in [2.24, 2.45) is 0 Å². The van der Waals surface area contributed by atoms with Crippen molar-refractivity contribution in [3.63, 3.8) is 0 Å². The zero-order chi connectivity index (χ0) is 42.2. The number of cyclic esters (lactones) is 1. The average molecular weight is 815 g/mol. The summed E-state index contributed by atoms with van der Waals surface area (Å²) in [5.41, 5.74) is 2.60. The standard InChI is InChI=1S/C43H42N8O9/c1-5-25-27-15-24(52)8-9-32(27)45-37-29(25)20-50-33(37)17-31-30(39(50)55)21-59-40(56)43(31,6-2)60-42(58)49-13-11-48(12-14-49)36-10-7-23(19-44-36)51-38(46-47-41(51)57)28-16-26(22(3)4)34(53)18-35(28)54/h7-10,15-19,22,52-54H,5-6,11-14,20-21H2,1-4H3,(H,47,57). The highest BCUT2D eigenvalue weighted by molar-refractivity contribution is 5.90. The number of piperazine rings is 1. The van der Waals surface area contributed by atoms with Gasteiger partial charge in [-0.15, -0.1) is 0 Å². The first-order valence-corrected chi connectivity index (χ1v) is 19.9. The smallest absolute Gasteiger partial charge is 0.411 e.